The van der Waals surface area contributed by atoms with Crippen LogP contribution in [-0.2, 0) is 14.8 Å². The standard InChI is InChI=1S/C25H27ClN2O3S/c1-17-13-19(3)24(14-18(17)2)20(4)27-25(29)16-28(22-10-8-9-21(26)15-22)32(30,31)23-11-6-5-7-12-23/h5-15,20H,16H2,1-4H3,(H,27,29). The minimum absolute atomic E-state index is 0.103. The van der Waals surface area contributed by atoms with Gasteiger partial charge >= 0.3 is 0 Å². The molecule has 3 aromatic rings. The van der Waals surface area contributed by atoms with Gasteiger partial charge in [-0.25, -0.2) is 8.42 Å². The van der Waals surface area contributed by atoms with Crippen molar-refractivity contribution >= 4 is 33.2 Å². The molecule has 0 saturated heterocycles. The normalized spacial score (nSPS) is 12.3. The number of aryl methyl sites for hydroxylation is 3. The first-order valence-corrected chi connectivity index (χ1v) is 12.1. The van der Waals surface area contributed by atoms with Crippen molar-refractivity contribution in [2.75, 3.05) is 10.8 Å². The van der Waals surface area contributed by atoms with E-state index in [1.165, 1.54) is 23.8 Å². The van der Waals surface area contributed by atoms with Crippen LogP contribution in [-0.4, -0.2) is 20.9 Å². The Hall–Kier alpha value is -2.83. The Bertz CT molecular complexity index is 1230. The highest BCUT2D eigenvalue weighted by Gasteiger charge is 2.28. The molecule has 0 bridgehead atoms. The Morgan fingerprint density at radius 3 is 2.25 bits per heavy atom. The number of nitrogens with zero attached hydrogens (tertiary/aromatic N) is 1. The number of nitrogens with one attached hydrogen (secondary N) is 1. The minimum atomic E-state index is -3.97. The summed E-state index contributed by atoms with van der Waals surface area (Å²) in [6.45, 7) is 7.60. The van der Waals surface area contributed by atoms with Crippen LogP contribution < -0.4 is 9.62 Å². The summed E-state index contributed by atoms with van der Waals surface area (Å²) in [6.07, 6.45) is 0. The molecule has 32 heavy (non-hydrogen) atoms. The number of anilines is 1. The molecule has 0 aliphatic heterocycles. The third-order valence-electron chi connectivity index (χ3n) is 5.44. The quantitative estimate of drug-likeness (QED) is 0.507. The van der Waals surface area contributed by atoms with Crippen LogP contribution in [0.2, 0.25) is 5.02 Å². The van der Waals surface area contributed by atoms with Gasteiger partial charge in [-0.2, -0.15) is 0 Å². The molecule has 3 aromatic carbocycles. The summed E-state index contributed by atoms with van der Waals surface area (Å²) in [5.41, 5.74) is 4.72. The van der Waals surface area contributed by atoms with Crippen LogP contribution in [0.3, 0.4) is 0 Å². The Kier molecular flexibility index (Phi) is 7.26. The molecule has 1 unspecified atom stereocenters. The van der Waals surface area contributed by atoms with E-state index in [1.807, 2.05) is 27.7 Å². The molecule has 168 valence electrons. The number of sulfonamides is 1. The summed E-state index contributed by atoms with van der Waals surface area (Å²) in [4.78, 5) is 13.1. The van der Waals surface area contributed by atoms with Crippen molar-refractivity contribution in [1.29, 1.82) is 0 Å². The predicted molar refractivity (Wildman–Crippen MR) is 130 cm³/mol. The zero-order valence-corrected chi connectivity index (χ0v) is 20.2. The fourth-order valence-electron chi connectivity index (χ4n) is 3.61. The lowest BCUT2D eigenvalue weighted by molar-refractivity contribution is -0.120. The van der Waals surface area contributed by atoms with Gasteiger partial charge in [-0.05, 0) is 80.3 Å². The highest BCUT2D eigenvalue weighted by Crippen LogP contribution is 2.26. The topological polar surface area (TPSA) is 66.5 Å². The van der Waals surface area contributed by atoms with Gasteiger partial charge in [-0.1, -0.05) is 48.0 Å². The molecule has 0 radical (unpaired) electrons. The number of amides is 1. The fraction of sp³-hybridized carbons (Fsp3) is 0.240. The predicted octanol–water partition coefficient (Wildman–Crippen LogP) is 5.34. The van der Waals surface area contributed by atoms with Gasteiger partial charge in [-0.15, -0.1) is 0 Å². The van der Waals surface area contributed by atoms with Crippen molar-refractivity contribution < 1.29 is 13.2 Å². The van der Waals surface area contributed by atoms with E-state index in [-0.39, 0.29) is 17.5 Å². The van der Waals surface area contributed by atoms with Crippen LogP contribution in [0.25, 0.3) is 0 Å². The summed E-state index contributed by atoms with van der Waals surface area (Å²) in [5, 5.41) is 3.33. The molecule has 0 aliphatic rings. The number of hydrogen-bond donors (Lipinski definition) is 1. The Morgan fingerprint density at radius 2 is 1.59 bits per heavy atom. The molecule has 3 rings (SSSR count). The van der Waals surface area contributed by atoms with Crippen LogP contribution in [0.1, 0.15) is 35.2 Å². The lowest BCUT2D eigenvalue weighted by atomic mass is 9.96. The highest BCUT2D eigenvalue weighted by atomic mass is 35.5. The van der Waals surface area contributed by atoms with Crippen molar-refractivity contribution in [3.05, 3.63) is 94.0 Å². The number of hydrogen-bond acceptors (Lipinski definition) is 3. The molecule has 0 saturated carbocycles. The summed E-state index contributed by atoms with van der Waals surface area (Å²) >= 11 is 6.11. The zero-order chi connectivity index (χ0) is 23.5. The lowest BCUT2D eigenvalue weighted by Crippen LogP contribution is -2.41. The van der Waals surface area contributed by atoms with E-state index in [9.17, 15) is 13.2 Å². The Morgan fingerprint density at radius 1 is 0.938 bits per heavy atom. The van der Waals surface area contributed by atoms with Crippen molar-refractivity contribution in [3.8, 4) is 0 Å². The summed E-state index contributed by atoms with van der Waals surface area (Å²) in [7, 11) is -3.97. The Labute approximate surface area is 195 Å². The molecular weight excluding hydrogens is 444 g/mol. The SMILES string of the molecule is Cc1cc(C)c(C(C)NC(=O)CN(c2cccc(Cl)c2)S(=O)(=O)c2ccccc2)cc1C. The van der Waals surface area contributed by atoms with E-state index in [1.54, 1.807) is 36.4 Å². The van der Waals surface area contributed by atoms with Gasteiger partial charge in [-0.3, -0.25) is 9.10 Å². The second-order valence-corrected chi connectivity index (χ2v) is 10.2. The smallest absolute Gasteiger partial charge is 0.264 e. The van der Waals surface area contributed by atoms with Gasteiger partial charge in [0.2, 0.25) is 5.91 Å². The Balaban J connectivity index is 1.90. The van der Waals surface area contributed by atoms with Gasteiger partial charge in [0.05, 0.1) is 16.6 Å². The summed E-state index contributed by atoms with van der Waals surface area (Å²) in [5.74, 6) is -0.408. The monoisotopic (exact) mass is 470 g/mol. The second kappa shape index (κ2) is 9.76. The van der Waals surface area contributed by atoms with Crippen LogP contribution in [0.5, 0.6) is 0 Å². The third-order valence-corrected chi connectivity index (χ3v) is 7.46. The maximum atomic E-state index is 13.4. The summed E-state index contributed by atoms with van der Waals surface area (Å²) in [6, 6.07) is 18.4. The van der Waals surface area contributed by atoms with Crippen molar-refractivity contribution in [3.63, 3.8) is 0 Å². The summed E-state index contributed by atoms with van der Waals surface area (Å²) < 4.78 is 27.8. The van der Waals surface area contributed by atoms with Crippen LogP contribution in [0.4, 0.5) is 5.69 Å². The molecule has 0 aromatic heterocycles. The maximum Gasteiger partial charge on any atom is 0.264 e. The molecule has 5 nitrogen and oxygen atoms in total. The maximum absolute atomic E-state index is 13.4. The van der Waals surface area contributed by atoms with E-state index < -0.39 is 15.9 Å². The molecule has 0 heterocycles. The van der Waals surface area contributed by atoms with Gasteiger partial charge in [0, 0.05) is 5.02 Å². The molecule has 1 N–H and O–H groups in total. The number of benzene rings is 3. The van der Waals surface area contributed by atoms with Crippen molar-refractivity contribution in [2.24, 2.45) is 0 Å². The van der Waals surface area contributed by atoms with E-state index in [2.05, 4.69) is 17.4 Å². The zero-order valence-electron chi connectivity index (χ0n) is 18.6. The number of halogens is 1. The first-order chi connectivity index (χ1) is 15.1. The molecular formula is C25H27ClN2O3S. The van der Waals surface area contributed by atoms with Gasteiger partial charge < -0.3 is 5.32 Å². The molecule has 0 aliphatic carbocycles. The average molecular weight is 471 g/mol. The number of rotatable bonds is 7. The first kappa shape index (κ1) is 23.8. The molecule has 0 fully saturated rings. The van der Waals surface area contributed by atoms with Crippen LogP contribution >= 0.6 is 11.6 Å². The van der Waals surface area contributed by atoms with Gasteiger partial charge in [0.15, 0.2) is 0 Å². The van der Waals surface area contributed by atoms with E-state index in [0.717, 1.165) is 21.0 Å². The van der Waals surface area contributed by atoms with Gasteiger partial charge in [0.1, 0.15) is 6.54 Å². The highest BCUT2D eigenvalue weighted by molar-refractivity contribution is 7.92. The third kappa shape index (κ3) is 5.31. The molecule has 1 atom stereocenters. The number of carbonyl (C=O) groups excluding carboxylic acids is 1. The minimum Gasteiger partial charge on any atom is -0.348 e. The van der Waals surface area contributed by atoms with Gasteiger partial charge in [0.25, 0.3) is 10.0 Å². The second-order valence-electron chi connectivity index (χ2n) is 7.89. The number of carbonyl (C=O) groups is 1. The molecule has 1 amide bonds. The first-order valence-electron chi connectivity index (χ1n) is 10.3. The molecule has 0 spiro atoms. The largest absolute Gasteiger partial charge is 0.348 e. The fourth-order valence-corrected chi connectivity index (χ4v) is 5.23. The molecule has 7 heteroatoms. The van der Waals surface area contributed by atoms with Crippen molar-refractivity contribution in [2.45, 2.75) is 38.6 Å². The van der Waals surface area contributed by atoms with E-state index >= 15 is 0 Å². The van der Waals surface area contributed by atoms with Crippen molar-refractivity contribution in [1.82, 2.24) is 5.32 Å². The van der Waals surface area contributed by atoms with Crippen LogP contribution in [0.15, 0.2) is 71.6 Å². The average Bonchev–Trinajstić information content (AvgIpc) is 2.75. The van der Waals surface area contributed by atoms with E-state index in [4.69, 9.17) is 11.6 Å². The van der Waals surface area contributed by atoms with Crippen LogP contribution in [0, 0.1) is 20.8 Å². The van der Waals surface area contributed by atoms with E-state index in [0.29, 0.717) is 10.7 Å². The lowest BCUT2D eigenvalue weighted by Gasteiger charge is -2.25.